The quantitative estimate of drug-likeness (QED) is 0.577. The summed E-state index contributed by atoms with van der Waals surface area (Å²) in [7, 11) is 0. The van der Waals surface area contributed by atoms with E-state index in [4.69, 9.17) is 10.8 Å². The van der Waals surface area contributed by atoms with E-state index in [-0.39, 0.29) is 11.9 Å². The van der Waals surface area contributed by atoms with E-state index in [0.717, 1.165) is 12.8 Å². The summed E-state index contributed by atoms with van der Waals surface area (Å²) < 4.78 is 0. The summed E-state index contributed by atoms with van der Waals surface area (Å²) >= 11 is 0. The molecule has 0 saturated carbocycles. The smallest absolute Gasteiger partial charge is 0.326 e. The van der Waals surface area contributed by atoms with Crippen molar-refractivity contribution in [3.8, 4) is 0 Å². The lowest BCUT2D eigenvalue weighted by atomic mass is 10.1. The van der Waals surface area contributed by atoms with Gasteiger partial charge >= 0.3 is 5.97 Å². The Morgan fingerprint density at radius 3 is 2.44 bits per heavy atom. The van der Waals surface area contributed by atoms with E-state index in [1.165, 1.54) is 0 Å². The maximum atomic E-state index is 11.4. The fourth-order valence-corrected chi connectivity index (χ4v) is 1.40. The van der Waals surface area contributed by atoms with Crippen LogP contribution in [0.1, 0.15) is 46.0 Å². The van der Waals surface area contributed by atoms with Crippen LogP contribution in [0.5, 0.6) is 0 Å². The molecular formula is C11H22N2O3. The van der Waals surface area contributed by atoms with E-state index in [1.807, 2.05) is 13.8 Å². The van der Waals surface area contributed by atoms with Crippen LogP contribution in [-0.2, 0) is 9.59 Å². The van der Waals surface area contributed by atoms with Gasteiger partial charge in [-0.15, -0.1) is 0 Å². The number of carboxylic acid groups (broad SMARTS) is 1. The fourth-order valence-electron chi connectivity index (χ4n) is 1.40. The maximum Gasteiger partial charge on any atom is 0.326 e. The second-order valence-electron chi connectivity index (χ2n) is 4.12. The van der Waals surface area contributed by atoms with Crippen LogP contribution in [0.4, 0.5) is 0 Å². The minimum atomic E-state index is -0.970. The Hall–Kier alpha value is -1.10. The maximum absolute atomic E-state index is 11.4. The van der Waals surface area contributed by atoms with Gasteiger partial charge < -0.3 is 16.2 Å². The molecule has 4 N–H and O–H groups in total. The number of carboxylic acids is 1. The molecule has 0 aromatic heterocycles. The van der Waals surface area contributed by atoms with Crippen LogP contribution in [0.15, 0.2) is 0 Å². The molecule has 0 aromatic rings. The SMILES string of the molecule is CCC[C@@H](NC(=O)CCCC(C)N)C(=O)O. The highest BCUT2D eigenvalue weighted by atomic mass is 16.4. The zero-order valence-electron chi connectivity index (χ0n) is 10.0. The number of hydrogen-bond donors (Lipinski definition) is 3. The van der Waals surface area contributed by atoms with Gasteiger partial charge in [0.25, 0.3) is 0 Å². The topological polar surface area (TPSA) is 92.4 Å². The van der Waals surface area contributed by atoms with Crippen molar-refractivity contribution in [2.45, 2.75) is 58.0 Å². The minimum absolute atomic E-state index is 0.0821. The number of nitrogens with two attached hydrogens (primary N) is 1. The number of carbonyl (C=O) groups excluding carboxylic acids is 1. The summed E-state index contributed by atoms with van der Waals surface area (Å²) in [6.45, 7) is 3.77. The number of amides is 1. The lowest BCUT2D eigenvalue weighted by Gasteiger charge is -2.13. The Labute approximate surface area is 96.4 Å². The molecule has 0 rings (SSSR count). The number of aliphatic carboxylic acids is 1. The third-order valence-corrected chi connectivity index (χ3v) is 2.27. The lowest BCUT2D eigenvalue weighted by molar-refractivity contribution is -0.142. The Morgan fingerprint density at radius 2 is 2.00 bits per heavy atom. The highest BCUT2D eigenvalue weighted by Crippen LogP contribution is 2.01. The van der Waals surface area contributed by atoms with Crippen molar-refractivity contribution in [3.63, 3.8) is 0 Å². The Morgan fingerprint density at radius 1 is 1.38 bits per heavy atom. The molecule has 0 radical (unpaired) electrons. The third kappa shape index (κ3) is 7.23. The Bertz CT molecular complexity index is 229. The van der Waals surface area contributed by atoms with Crippen LogP contribution >= 0.6 is 0 Å². The molecule has 1 unspecified atom stereocenters. The predicted octanol–water partition coefficient (Wildman–Crippen LogP) is 0.873. The van der Waals surface area contributed by atoms with E-state index in [9.17, 15) is 9.59 Å². The highest BCUT2D eigenvalue weighted by Gasteiger charge is 2.18. The third-order valence-electron chi connectivity index (χ3n) is 2.27. The van der Waals surface area contributed by atoms with Crippen LogP contribution in [0, 0.1) is 0 Å². The molecule has 1 amide bonds. The minimum Gasteiger partial charge on any atom is -0.480 e. The summed E-state index contributed by atoms with van der Waals surface area (Å²) in [5, 5.41) is 11.3. The van der Waals surface area contributed by atoms with E-state index < -0.39 is 12.0 Å². The van der Waals surface area contributed by atoms with Crippen molar-refractivity contribution < 1.29 is 14.7 Å². The van der Waals surface area contributed by atoms with Crippen molar-refractivity contribution >= 4 is 11.9 Å². The average Bonchev–Trinajstić information content (AvgIpc) is 2.16. The predicted molar refractivity (Wildman–Crippen MR) is 62.0 cm³/mol. The van der Waals surface area contributed by atoms with Gasteiger partial charge in [-0.2, -0.15) is 0 Å². The van der Waals surface area contributed by atoms with Crippen molar-refractivity contribution in [1.29, 1.82) is 0 Å². The van der Waals surface area contributed by atoms with Crippen LogP contribution < -0.4 is 11.1 Å². The summed E-state index contributed by atoms with van der Waals surface area (Å²) in [6, 6.07) is -0.675. The molecule has 0 fully saturated rings. The first kappa shape index (κ1) is 14.9. The molecule has 0 aliphatic rings. The summed E-state index contributed by atoms with van der Waals surface area (Å²) in [5.74, 6) is -1.18. The number of hydrogen-bond acceptors (Lipinski definition) is 3. The Kier molecular flexibility index (Phi) is 7.54. The van der Waals surface area contributed by atoms with Gasteiger partial charge in [0, 0.05) is 12.5 Å². The van der Waals surface area contributed by atoms with Crippen molar-refractivity contribution in [2.24, 2.45) is 5.73 Å². The Balaban J connectivity index is 3.86. The van der Waals surface area contributed by atoms with Gasteiger partial charge in [0.2, 0.25) is 5.91 Å². The highest BCUT2D eigenvalue weighted by molar-refractivity contribution is 5.83. The first-order chi connectivity index (χ1) is 7.47. The molecule has 2 atom stereocenters. The zero-order chi connectivity index (χ0) is 12.6. The first-order valence-electron chi connectivity index (χ1n) is 5.75. The van der Waals surface area contributed by atoms with E-state index in [1.54, 1.807) is 0 Å². The molecular weight excluding hydrogens is 208 g/mol. The second-order valence-corrected chi connectivity index (χ2v) is 4.12. The number of carbonyl (C=O) groups is 2. The van der Waals surface area contributed by atoms with Gasteiger partial charge in [-0.3, -0.25) is 4.79 Å². The molecule has 0 aliphatic carbocycles. The number of nitrogens with one attached hydrogen (secondary N) is 1. The summed E-state index contributed by atoms with van der Waals surface area (Å²) in [4.78, 5) is 22.2. The molecule has 0 heterocycles. The largest absolute Gasteiger partial charge is 0.480 e. The molecule has 5 nitrogen and oxygen atoms in total. The van der Waals surface area contributed by atoms with Crippen molar-refractivity contribution in [3.05, 3.63) is 0 Å². The van der Waals surface area contributed by atoms with Gasteiger partial charge in [-0.05, 0) is 26.2 Å². The molecule has 0 aliphatic heterocycles. The molecule has 0 spiro atoms. The van der Waals surface area contributed by atoms with E-state index >= 15 is 0 Å². The normalized spacial score (nSPS) is 14.2. The van der Waals surface area contributed by atoms with Gasteiger partial charge in [0.05, 0.1) is 0 Å². The van der Waals surface area contributed by atoms with Gasteiger partial charge in [0.15, 0.2) is 0 Å². The van der Waals surface area contributed by atoms with E-state index in [0.29, 0.717) is 19.3 Å². The van der Waals surface area contributed by atoms with Gasteiger partial charge in [0.1, 0.15) is 6.04 Å². The van der Waals surface area contributed by atoms with Crippen LogP contribution in [-0.4, -0.2) is 29.1 Å². The van der Waals surface area contributed by atoms with Crippen LogP contribution in [0.2, 0.25) is 0 Å². The summed E-state index contributed by atoms with van der Waals surface area (Å²) in [6.07, 6.45) is 3.02. The molecule has 0 aromatic carbocycles. The van der Waals surface area contributed by atoms with Crippen molar-refractivity contribution in [2.75, 3.05) is 0 Å². The number of rotatable bonds is 8. The standard InChI is InChI=1S/C11H22N2O3/c1-3-5-9(11(15)16)13-10(14)7-4-6-8(2)12/h8-9H,3-7,12H2,1-2H3,(H,13,14)(H,15,16)/t8?,9-/m1/s1. The summed E-state index contributed by atoms with van der Waals surface area (Å²) in [5.41, 5.74) is 5.55. The van der Waals surface area contributed by atoms with Gasteiger partial charge in [-0.25, -0.2) is 4.79 Å². The van der Waals surface area contributed by atoms with Crippen LogP contribution in [0.3, 0.4) is 0 Å². The van der Waals surface area contributed by atoms with E-state index in [2.05, 4.69) is 5.32 Å². The first-order valence-corrected chi connectivity index (χ1v) is 5.75. The van der Waals surface area contributed by atoms with Gasteiger partial charge in [-0.1, -0.05) is 13.3 Å². The zero-order valence-corrected chi connectivity index (χ0v) is 10.0. The second kappa shape index (κ2) is 8.10. The molecule has 0 bridgehead atoms. The molecule has 16 heavy (non-hydrogen) atoms. The van der Waals surface area contributed by atoms with Crippen molar-refractivity contribution in [1.82, 2.24) is 5.32 Å². The molecule has 0 saturated heterocycles. The van der Waals surface area contributed by atoms with Crippen LogP contribution in [0.25, 0.3) is 0 Å². The molecule has 94 valence electrons. The fraction of sp³-hybridized carbons (Fsp3) is 0.818. The average molecular weight is 230 g/mol. The lowest BCUT2D eigenvalue weighted by Crippen LogP contribution is -2.40. The molecule has 5 heteroatoms. The monoisotopic (exact) mass is 230 g/mol.